The van der Waals surface area contributed by atoms with Gasteiger partial charge >= 0.3 is 0 Å². The van der Waals surface area contributed by atoms with Gasteiger partial charge in [0.25, 0.3) is 5.91 Å². The Kier molecular flexibility index (Phi) is 3.57. The van der Waals surface area contributed by atoms with E-state index >= 15 is 0 Å². The molecule has 2 saturated carbocycles. The van der Waals surface area contributed by atoms with Crippen molar-refractivity contribution in [2.24, 2.45) is 24.8 Å². The molecule has 20 heavy (non-hydrogen) atoms. The number of aryl methyl sites for hydroxylation is 2. The average molecular weight is 275 g/mol. The molecule has 1 aromatic rings. The van der Waals surface area contributed by atoms with Crippen LogP contribution in [0.1, 0.15) is 55.7 Å². The fraction of sp³-hybridized carbons (Fsp3) is 0.750. The molecule has 2 bridgehead atoms. The molecule has 0 aromatic carbocycles. The van der Waals surface area contributed by atoms with Gasteiger partial charge in [-0.1, -0.05) is 13.3 Å². The standard InChI is InChI=1S/C16H25N3O/c1-4-13-9-15(19(3)18-13)16(20)17-10(2)14-8-11-5-6-12(14)7-11/h9-12,14H,4-8H2,1-3H3,(H,17,20). The van der Waals surface area contributed by atoms with Crippen LogP contribution in [-0.2, 0) is 13.5 Å². The zero-order valence-electron chi connectivity index (χ0n) is 12.7. The molecule has 1 amide bonds. The third-order valence-electron chi connectivity index (χ3n) is 5.32. The van der Waals surface area contributed by atoms with Crippen LogP contribution in [0.25, 0.3) is 0 Å². The second-order valence-electron chi connectivity index (χ2n) is 6.60. The normalized spacial score (nSPS) is 29.6. The molecule has 2 aliphatic carbocycles. The van der Waals surface area contributed by atoms with Crippen LogP contribution in [0.5, 0.6) is 0 Å². The van der Waals surface area contributed by atoms with E-state index in [2.05, 4.69) is 24.3 Å². The van der Waals surface area contributed by atoms with Crippen LogP contribution >= 0.6 is 0 Å². The summed E-state index contributed by atoms with van der Waals surface area (Å²) in [5.74, 6) is 2.47. The number of carbonyl (C=O) groups excluding carboxylic acids is 1. The van der Waals surface area contributed by atoms with Crippen molar-refractivity contribution in [3.8, 4) is 0 Å². The van der Waals surface area contributed by atoms with Crippen molar-refractivity contribution < 1.29 is 4.79 Å². The highest BCUT2D eigenvalue weighted by molar-refractivity contribution is 5.92. The van der Waals surface area contributed by atoms with E-state index in [9.17, 15) is 4.79 Å². The molecule has 1 N–H and O–H groups in total. The summed E-state index contributed by atoms with van der Waals surface area (Å²) in [4.78, 5) is 12.4. The van der Waals surface area contributed by atoms with E-state index < -0.39 is 0 Å². The molecule has 110 valence electrons. The summed E-state index contributed by atoms with van der Waals surface area (Å²) in [5.41, 5.74) is 1.65. The summed E-state index contributed by atoms with van der Waals surface area (Å²) in [6.07, 6.45) is 6.32. The Morgan fingerprint density at radius 2 is 2.30 bits per heavy atom. The maximum atomic E-state index is 12.4. The lowest BCUT2D eigenvalue weighted by Gasteiger charge is -2.28. The van der Waals surface area contributed by atoms with Gasteiger partial charge in [-0.3, -0.25) is 9.48 Å². The highest BCUT2D eigenvalue weighted by Gasteiger charge is 2.42. The largest absolute Gasteiger partial charge is 0.348 e. The van der Waals surface area contributed by atoms with Gasteiger partial charge in [-0.2, -0.15) is 5.10 Å². The fourth-order valence-electron chi connectivity index (χ4n) is 4.21. The SMILES string of the molecule is CCc1cc(C(=O)NC(C)C2CC3CCC2C3)n(C)n1. The Morgan fingerprint density at radius 1 is 1.50 bits per heavy atom. The van der Waals surface area contributed by atoms with Crippen molar-refractivity contribution in [2.45, 2.75) is 52.0 Å². The predicted octanol–water partition coefficient (Wildman–Crippen LogP) is 2.54. The van der Waals surface area contributed by atoms with Crippen molar-refractivity contribution in [1.29, 1.82) is 0 Å². The second-order valence-corrected chi connectivity index (χ2v) is 6.60. The predicted molar refractivity (Wildman–Crippen MR) is 78.5 cm³/mol. The number of nitrogens with zero attached hydrogens (tertiary/aromatic N) is 2. The van der Waals surface area contributed by atoms with E-state index in [0.717, 1.165) is 24.0 Å². The van der Waals surface area contributed by atoms with Gasteiger partial charge in [0.15, 0.2) is 0 Å². The number of rotatable bonds is 4. The number of nitrogens with one attached hydrogen (secondary N) is 1. The average Bonchev–Trinajstić information content (AvgIpc) is 3.12. The summed E-state index contributed by atoms with van der Waals surface area (Å²) in [6.45, 7) is 4.22. The highest BCUT2D eigenvalue weighted by atomic mass is 16.2. The molecule has 1 heterocycles. The van der Waals surface area contributed by atoms with Crippen LogP contribution in [0.4, 0.5) is 0 Å². The van der Waals surface area contributed by atoms with Crippen molar-refractivity contribution >= 4 is 5.91 Å². The Morgan fingerprint density at radius 3 is 2.85 bits per heavy atom. The van der Waals surface area contributed by atoms with Crippen molar-refractivity contribution in [1.82, 2.24) is 15.1 Å². The van der Waals surface area contributed by atoms with Crippen molar-refractivity contribution in [3.05, 3.63) is 17.5 Å². The third-order valence-corrected chi connectivity index (χ3v) is 5.32. The molecule has 4 nitrogen and oxygen atoms in total. The lowest BCUT2D eigenvalue weighted by atomic mass is 9.84. The molecule has 1 aromatic heterocycles. The van der Waals surface area contributed by atoms with E-state index in [1.807, 2.05) is 13.1 Å². The van der Waals surface area contributed by atoms with E-state index in [4.69, 9.17) is 0 Å². The first-order valence-electron chi connectivity index (χ1n) is 7.92. The maximum absolute atomic E-state index is 12.4. The first kappa shape index (κ1) is 13.7. The number of carbonyl (C=O) groups is 1. The van der Waals surface area contributed by atoms with E-state index in [1.165, 1.54) is 25.7 Å². The first-order valence-corrected chi connectivity index (χ1v) is 7.92. The second kappa shape index (κ2) is 5.23. The van der Waals surface area contributed by atoms with Crippen LogP contribution in [0, 0.1) is 17.8 Å². The van der Waals surface area contributed by atoms with Crippen LogP contribution in [0.2, 0.25) is 0 Å². The van der Waals surface area contributed by atoms with Crippen LogP contribution in [-0.4, -0.2) is 21.7 Å². The van der Waals surface area contributed by atoms with E-state index in [1.54, 1.807) is 4.68 Å². The van der Waals surface area contributed by atoms with Crippen molar-refractivity contribution in [3.63, 3.8) is 0 Å². The topological polar surface area (TPSA) is 46.9 Å². The molecule has 2 aliphatic rings. The summed E-state index contributed by atoms with van der Waals surface area (Å²) in [5, 5.41) is 7.55. The van der Waals surface area contributed by atoms with Crippen LogP contribution in [0.3, 0.4) is 0 Å². The molecule has 0 saturated heterocycles. The lowest BCUT2D eigenvalue weighted by molar-refractivity contribution is 0.0905. The first-order chi connectivity index (χ1) is 9.58. The zero-order chi connectivity index (χ0) is 14.3. The Hall–Kier alpha value is -1.32. The number of aromatic nitrogens is 2. The van der Waals surface area contributed by atoms with Gasteiger partial charge in [0, 0.05) is 13.1 Å². The number of hydrogen-bond donors (Lipinski definition) is 1. The summed E-state index contributed by atoms with van der Waals surface area (Å²) < 4.78 is 1.70. The molecule has 0 spiro atoms. The van der Waals surface area contributed by atoms with Gasteiger partial charge in [-0.15, -0.1) is 0 Å². The Bertz CT molecular complexity index is 508. The highest BCUT2D eigenvalue weighted by Crippen LogP contribution is 2.49. The molecule has 3 rings (SSSR count). The number of hydrogen-bond acceptors (Lipinski definition) is 2. The molecular formula is C16H25N3O. The molecule has 4 heteroatoms. The minimum Gasteiger partial charge on any atom is -0.348 e. The van der Waals surface area contributed by atoms with Gasteiger partial charge in [0.2, 0.25) is 0 Å². The quantitative estimate of drug-likeness (QED) is 0.918. The summed E-state index contributed by atoms with van der Waals surface area (Å²) >= 11 is 0. The van der Waals surface area contributed by atoms with Gasteiger partial charge in [0.05, 0.1) is 5.69 Å². The minimum absolute atomic E-state index is 0.0231. The Balaban J connectivity index is 1.64. The van der Waals surface area contributed by atoms with Gasteiger partial charge < -0.3 is 5.32 Å². The third kappa shape index (κ3) is 2.36. The lowest BCUT2D eigenvalue weighted by Crippen LogP contribution is -2.40. The minimum atomic E-state index is 0.0231. The van der Waals surface area contributed by atoms with Gasteiger partial charge in [0.1, 0.15) is 5.69 Å². The molecule has 4 unspecified atom stereocenters. The molecule has 4 atom stereocenters. The van der Waals surface area contributed by atoms with Crippen molar-refractivity contribution in [2.75, 3.05) is 0 Å². The Labute approximate surface area is 120 Å². The molecule has 0 radical (unpaired) electrons. The van der Waals surface area contributed by atoms with E-state index in [0.29, 0.717) is 11.6 Å². The maximum Gasteiger partial charge on any atom is 0.269 e. The zero-order valence-corrected chi connectivity index (χ0v) is 12.7. The smallest absolute Gasteiger partial charge is 0.269 e. The van der Waals surface area contributed by atoms with E-state index in [-0.39, 0.29) is 11.9 Å². The van der Waals surface area contributed by atoms with Crippen LogP contribution in [0.15, 0.2) is 6.07 Å². The monoisotopic (exact) mass is 275 g/mol. The van der Waals surface area contributed by atoms with Crippen LogP contribution < -0.4 is 5.32 Å². The molecule has 0 aliphatic heterocycles. The number of fused-ring (bicyclic) bond motifs is 2. The fourth-order valence-corrected chi connectivity index (χ4v) is 4.21. The molecular weight excluding hydrogens is 250 g/mol. The van der Waals surface area contributed by atoms with Gasteiger partial charge in [-0.25, -0.2) is 0 Å². The summed E-state index contributed by atoms with van der Waals surface area (Å²) in [6, 6.07) is 2.18. The summed E-state index contributed by atoms with van der Waals surface area (Å²) in [7, 11) is 1.84. The number of amides is 1. The molecule has 2 fully saturated rings. The van der Waals surface area contributed by atoms with Gasteiger partial charge in [-0.05, 0) is 56.4 Å².